The molecule has 7 nitrogen and oxygen atoms in total. The molecular weight excluding hydrogens is 393 g/mol. The van der Waals surface area contributed by atoms with E-state index in [1.807, 2.05) is 0 Å². The van der Waals surface area contributed by atoms with Crippen LogP contribution in [0.1, 0.15) is 27.1 Å². The van der Waals surface area contributed by atoms with Crippen LogP contribution in [0.5, 0.6) is 0 Å². The summed E-state index contributed by atoms with van der Waals surface area (Å²) >= 11 is 12.4. The third-order valence-electron chi connectivity index (χ3n) is 3.72. The van der Waals surface area contributed by atoms with Gasteiger partial charge in [-0.1, -0.05) is 41.4 Å². The molecule has 1 aliphatic rings. The van der Waals surface area contributed by atoms with Gasteiger partial charge in [0.2, 0.25) is 0 Å². The van der Waals surface area contributed by atoms with E-state index in [1.165, 1.54) is 19.2 Å². The minimum absolute atomic E-state index is 0.0515. The smallest absolute Gasteiger partial charge is 0.337 e. The van der Waals surface area contributed by atoms with E-state index in [9.17, 15) is 14.4 Å². The van der Waals surface area contributed by atoms with E-state index in [2.05, 4.69) is 15.2 Å². The summed E-state index contributed by atoms with van der Waals surface area (Å²) in [5.41, 5.74) is 0.703. The highest BCUT2D eigenvalue weighted by molar-refractivity contribution is 6.41. The zero-order chi connectivity index (χ0) is 19.6. The largest absolute Gasteiger partial charge is 0.465 e. The Morgan fingerprint density at radius 1 is 1.11 bits per heavy atom. The lowest BCUT2D eigenvalue weighted by molar-refractivity contribution is -0.116. The number of esters is 1. The molecular formula is C18H13Cl2N3O4. The molecule has 0 radical (unpaired) electrons. The zero-order valence-corrected chi connectivity index (χ0v) is 15.5. The Labute approximate surface area is 164 Å². The summed E-state index contributed by atoms with van der Waals surface area (Å²) in [6.45, 7) is 0. The van der Waals surface area contributed by atoms with Gasteiger partial charge in [0.1, 0.15) is 11.5 Å². The molecule has 0 atom stereocenters. The maximum Gasteiger partial charge on any atom is 0.337 e. The van der Waals surface area contributed by atoms with Gasteiger partial charge in [0.15, 0.2) is 0 Å². The number of rotatable bonds is 3. The lowest BCUT2D eigenvalue weighted by Crippen LogP contribution is -2.29. The van der Waals surface area contributed by atoms with Gasteiger partial charge in [-0.25, -0.2) is 4.79 Å². The quantitative estimate of drug-likeness (QED) is 0.793. The van der Waals surface area contributed by atoms with Gasteiger partial charge in [0, 0.05) is 5.56 Å². The number of nitrogens with one attached hydrogen (secondary N) is 1. The van der Waals surface area contributed by atoms with Gasteiger partial charge in [0.25, 0.3) is 11.8 Å². The molecule has 1 aliphatic heterocycles. The Hall–Kier alpha value is -2.90. The van der Waals surface area contributed by atoms with Gasteiger partial charge in [-0.2, -0.15) is 10.1 Å². The Morgan fingerprint density at radius 2 is 1.74 bits per heavy atom. The molecule has 1 N–H and O–H groups in total. The topological polar surface area (TPSA) is 88.1 Å². The fourth-order valence-electron chi connectivity index (χ4n) is 2.47. The first kappa shape index (κ1) is 18.9. The summed E-state index contributed by atoms with van der Waals surface area (Å²) in [5.74, 6) is -1.26. The summed E-state index contributed by atoms with van der Waals surface area (Å²) < 4.78 is 4.62. The number of benzene rings is 2. The van der Waals surface area contributed by atoms with Crippen LogP contribution in [0.3, 0.4) is 0 Å². The molecule has 2 aromatic rings. The van der Waals surface area contributed by atoms with Crippen molar-refractivity contribution in [2.75, 3.05) is 12.1 Å². The van der Waals surface area contributed by atoms with Crippen LogP contribution in [-0.2, 0) is 9.53 Å². The number of hydrazone groups is 1. The molecule has 0 spiro atoms. The summed E-state index contributed by atoms with van der Waals surface area (Å²) in [4.78, 5) is 36.2. The third kappa shape index (κ3) is 3.94. The molecule has 2 amide bonds. The minimum Gasteiger partial charge on any atom is -0.465 e. The number of ether oxygens (including phenoxy) is 1. The molecule has 2 aromatic carbocycles. The van der Waals surface area contributed by atoms with Crippen molar-refractivity contribution >= 4 is 52.5 Å². The van der Waals surface area contributed by atoms with E-state index in [-0.39, 0.29) is 39.5 Å². The highest BCUT2D eigenvalue weighted by atomic mass is 35.5. The first-order chi connectivity index (χ1) is 12.9. The van der Waals surface area contributed by atoms with E-state index in [0.29, 0.717) is 5.56 Å². The van der Waals surface area contributed by atoms with Gasteiger partial charge in [0.05, 0.1) is 29.1 Å². The molecule has 3 rings (SSSR count). The van der Waals surface area contributed by atoms with Gasteiger partial charge < -0.3 is 10.1 Å². The molecule has 0 unspecified atom stereocenters. The number of anilines is 1. The molecule has 0 aromatic heterocycles. The summed E-state index contributed by atoms with van der Waals surface area (Å²) in [6, 6.07) is 11.2. The van der Waals surface area contributed by atoms with Crippen LogP contribution in [0, 0.1) is 0 Å². The fourth-order valence-corrected chi connectivity index (χ4v) is 3.12. The van der Waals surface area contributed by atoms with Crippen molar-refractivity contribution in [1.29, 1.82) is 0 Å². The van der Waals surface area contributed by atoms with Crippen LogP contribution >= 0.6 is 23.2 Å². The number of halogens is 2. The number of methoxy groups -OCH3 is 1. The van der Waals surface area contributed by atoms with E-state index < -0.39 is 11.9 Å². The second-order valence-corrected chi connectivity index (χ2v) is 6.34. The molecule has 0 saturated heterocycles. The van der Waals surface area contributed by atoms with Gasteiger partial charge in [-0.3, -0.25) is 9.59 Å². The second-order valence-electron chi connectivity index (χ2n) is 5.53. The molecule has 0 fully saturated rings. The number of nitrogens with zero attached hydrogens (tertiary/aromatic N) is 2. The Kier molecular flexibility index (Phi) is 5.43. The Balaban J connectivity index is 1.86. The lowest BCUT2D eigenvalue weighted by Gasteiger charge is -2.16. The number of amides is 2. The minimum atomic E-state index is -0.614. The molecule has 0 bridgehead atoms. The number of carbonyl (C=O) groups is 3. The van der Waals surface area contributed by atoms with Crippen molar-refractivity contribution in [1.82, 2.24) is 5.32 Å². The number of hydrogen-bond acceptors (Lipinski definition) is 5. The molecule has 0 saturated carbocycles. The van der Waals surface area contributed by atoms with Crippen LogP contribution in [0.4, 0.5) is 5.69 Å². The number of hydrogen-bond donors (Lipinski definition) is 1. The van der Waals surface area contributed by atoms with Crippen molar-refractivity contribution in [2.45, 2.75) is 6.42 Å². The monoisotopic (exact) mass is 405 g/mol. The summed E-state index contributed by atoms with van der Waals surface area (Å²) in [6.07, 6.45) is -0.121. The fraction of sp³-hybridized carbons (Fsp3) is 0.111. The van der Waals surface area contributed by atoms with E-state index in [1.54, 1.807) is 30.3 Å². The van der Waals surface area contributed by atoms with Crippen molar-refractivity contribution in [3.8, 4) is 0 Å². The van der Waals surface area contributed by atoms with Crippen molar-refractivity contribution < 1.29 is 19.1 Å². The lowest BCUT2D eigenvalue weighted by atomic mass is 10.2. The molecule has 1 heterocycles. The Bertz CT molecular complexity index is 937. The zero-order valence-electron chi connectivity index (χ0n) is 14.0. The van der Waals surface area contributed by atoms with Gasteiger partial charge in [-0.05, 0) is 24.3 Å². The first-order valence-corrected chi connectivity index (χ1v) is 8.50. The van der Waals surface area contributed by atoms with Crippen LogP contribution in [0.25, 0.3) is 0 Å². The normalized spacial score (nSPS) is 13.4. The standard InChI is InChI=1S/C18H13Cl2N3O4/c1-27-18(26)11-7-12(19)16(13(20)8-11)23-15(24)9-14(22-23)21-17(25)10-5-3-2-4-6-10/h2-8H,9H2,1H3,(H,21,22,25). The third-order valence-corrected chi connectivity index (χ3v) is 4.30. The van der Waals surface area contributed by atoms with Crippen molar-refractivity contribution in [3.63, 3.8) is 0 Å². The SMILES string of the molecule is COC(=O)c1cc(Cl)c(N2N=C(NC(=O)c3ccccc3)CC2=O)c(Cl)c1. The molecule has 0 aliphatic carbocycles. The van der Waals surface area contributed by atoms with E-state index in [4.69, 9.17) is 23.2 Å². The predicted molar refractivity (Wildman–Crippen MR) is 101 cm³/mol. The highest BCUT2D eigenvalue weighted by Gasteiger charge is 2.30. The van der Waals surface area contributed by atoms with Crippen LogP contribution < -0.4 is 10.3 Å². The molecule has 9 heteroatoms. The van der Waals surface area contributed by atoms with Gasteiger partial charge >= 0.3 is 5.97 Å². The van der Waals surface area contributed by atoms with Crippen LogP contribution in [0.2, 0.25) is 10.0 Å². The summed E-state index contributed by atoms with van der Waals surface area (Å²) in [7, 11) is 1.23. The van der Waals surface area contributed by atoms with Crippen molar-refractivity contribution in [3.05, 3.63) is 63.6 Å². The Morgan fingerprint density at radius 3 is 2.33 bits per heavy atom. The van der Waals surface area contributed by atoms with E-state index >= 15 is 0 Å². The second kappa shape index (κ2) is 7.77. The average Bonchev–Trinajstić information content (AvgIpc) is 3.00. The first-order valence-electron chi connectivity index (χ1n) is 7.75. The molecule has 138 valence electrons. The number of amidine groups is 1. The van der Waals surface area contributed by atoms with Crippen LogP contribution in [-0.4, -0.2) is 30.7 Å². The van der Waals surface area contributed by atoms with E-state index in [0.717, 1.165) is 5.01 Å². The highest BCUT2D eigenvalue weighted by Crippen LogP contribution is 2.37. The maximum atomic E-state index is 12.3. The maximum absolute atomic E-state index is 12.3. The van der Waals surface area contributed by atoms with Crippen LogP contribution in [0.15, 0.2) is 47.6 Å². The average molecular weight is 406 g/mol. The molecule has 27 heavy (non-hydrogen) atoms. The van der Waals surface area contributed by atoms with Crippen molar-refractivity contribution in [2.24, 2.45) is 5.10 Å². The predicted octanol–water partition coefficient (Wildman–Crippen LogP) is 3.26. The van der Waals surface area contributed by atoms with Gasteiger partial charge in [-0.15, -0.1) is 0 Å². The summed E-state index contributed by atoms with van der Waals surface area (Å²) in [5, 5.41) is 7.81. The number of carbonyl (C=O) groups excluding carboxylic acids is 3.